The lowest BCUT2D eigenvalue weighted by Crippen LogP contribution is -2.37. The normalized spacial score (nSPS) is 16.4. The second-order valence-corrected chi connectivity index (χ2v) is 7.28. The monoisotopic (exact) mass is 379 g/mol. The molecule has 1 aromatic heterocycles. The standard InChI is InChI=1S/C23H25NO4/c1-16-12-19-13-18(7-10-22(19)28-16)23(25)24(15-21-4-3-11-27-21)14-17-5-8-20(26-2)9-6-17/h5-10,12-13,21H,3-4,11,14-15H2,1-2H3/t21-/m1/s1. The highest BCUT2D eigenvalue weighted by Crippen LogP contribution is 2.23. The summed E-state index contributed by atoms with van der Waals surface area (Å²) in [6.07, 6.45) is 2.14. The van der Waals surface area contributed by atoms with Gasteiger partial charge >= 0.3 is 0 Å². The number of amides is 1. The fourth-order valence-electron chi connectivity index (χ4n) is 3.70. The minimum absolute atomic E-state index is 0.00655. The van der Waals surface area contributed by atoms with Crippen LogP contribution >= 0.6 is 0 Å². The van der Waals surface area contributed by atoms with Crippen LogP contribution in [0.5, 0.6) is 5.75 Å². The SMILES string of the molecule is COc1ccc(CN(C[C@H]2CCCO2)C(=O)c2ccc3oc(C)cc3c2)cc1. The van der Waals surface area contributed by atoms with Gasteiger partial charge in [0.15, 0.2) is 0 Å². The summed E-state index contributed by atoms with van der Waals surface area (Å²) >= 11 is 0. The van der Waals surface area contributed by atoms with Gasteiger partial charge < -0.3 is 18.8 Å². The fraction of sp³-hybridized carbons (Fsp3) is 0.348. The molecule has 1 aliphatic heterocycles. The first-order valence-electron chi connectivity index (χ1n) is 9.66. The van der Waals surface area contributed by atoms with Crippen LogP contribution in [0, 0.1) is 6.92 Å². The summed E-state index contributed by atoms with van der Waals surface area (Å²) in [5, 5.41) is 0.949. The van der Waals surface area contributed by atoms with Crippen LogP contribution in [0.3, 0.4) is 0 Å². The molecule has 4 rings (SSSR count). The van der Waals surface area contributed by atoms with Crippen molar-refractivity contribution in [1.29, 1.82) is 0 Å². The predicted octanol–water partition coefficient (Wildman–Crippen LogP) is 4.57. The van der Waals surface area contributed by atoms with Gasteiger partial charge in [0.25, 0.3) is 5.91 Å². The Bertz CT molecular complexity index is 954. The number of aryl methyl sites for hydroxylation is 1. The average Bonchev–Trinajstić information content (AvgIpc) is 3.35. The molecular formula is C23H25NO4. The van der Waals surface area contributed by atoms with E-state index >= 15 is 0 Å². The third-order valence-corrected chi connectivity index (χ3v) is 5.15. The maximum Gasteiger partial charge on any atom is 0.254 e. The smallest absolute Gasteiger partial charge is 0.254 e. The number of hydrogen-bond donors (Lipinski definition) is 0. The molecule has 2 aromatic carbocycles. The van der Waals surface area contributed by atoms with Gasteiger partial charge in [0.2, 0.25) is 0 Å². The van der Waals surface area contributed by atoms with Crippen molar-refractivity contribution in [3.8, 4) is 5.75 Å². The predicted molar refractivity (Wildman–Crippen MR) is 108 cm³/mol. The highest BCUT2D eigenvalue weighted by molar-refractivity contribution is 5.97. The number of benzene rings is 2. The van der Waals surface area contributed by atoms with Crippen molar-refractivity contribution in [3.05, 3.63) is 65.4 Å². The minimum atomic E-state index is 0.00655. The zero-order valence-electron chi connectivity index (χ0n) is 16.3. The first kappa shape index (κ1) is 18.6. The van der Waals surface area contributed by atoms with Gasteiger partial charge in [-0.1, -0.05) is 12.1 Å². The van der Waals surface area contributed by atoms with E-state index in [1.54, 1.807) is 7.11 Å². The fourth-order valence-corrected chi connectivity index (χ4v) is 3.70. The van der Waals surface area contributed by atoms with Gasteiger partial charge in [0.05, 0.1) is 13.2 Å². The van der Waals surface area contributed by atoms with Crippen LogP contribution in [-0.2, 0) is 11.3 Å². The maximum absolute atomic E-state index is 13.3. The van der Waals surface area contributed by atoms with E-state index in [0.29, 0.717) is 18.7 Å². The first-order chi connectivity index (χ1) is 13.6. The summed E-state index contributed by atoms with van der Waals surface area (Å²) in [6, 6.07) is 15.4. The Morgan fingerprint density at radius 3 is 2.71 bits per heavy atom. The number of fused-ring (bicyclic) bond motifs is 1. The second kappa shape index (κ2) is 8.07. The van der Waals surface area contributed by atoms with E-state index in [1.807, 2.05) is 60.4 Å². The van der Waals surface area contributed by atoms with E-state index in [9.17, 15) is 4.79 Å². The summed E-state index contributed by atoms with van der Waals surface area (Å²) < 4.78 is 16.7. The van der Waals surface area contributed by atoms with Crippen LogP contribution in [0.2, 0.25) is 0 Å². The largest absolute Gasteiger partial charge is 0.497 e. The van der Waals surface area contributed by atoms with Crippen molar-refractivity contribution < 1.29 is 18.7 Å². The van der Waals surface area contributed by atoms with Crippen LogP contribution in [0.15, 0.2) is 52.9 Å². The number of ether oxygens (including phenoxy) is 2. The van der Waals surface area contributed by atoms with Gasteiger partial charge in [-0.15, -0.1) is 0 Å². The Labute approximate surface area is 164 Å². The molecule has 0 N–H and O–H groups in total. The van der Waals surface area contributed by atoms with Gasteiger partial charge in [0.1, 0.15) is 17.1 Å². The van der Waals surface area contributed by atoms with Crippen molar-refractivity contribution >= 4 is 16.9 Å². The number of nitrogens with zero attached hydrogens (tertiary/aromatic N) is 1. The van der Waals surface area contributed by atoms with E-state index in [-0.39, 0.29) is 12.0 Å². The molecular weight excluding hydrogens is 354 g/mol. The molecule has 146 valence electrons. The lowest BCUT2D eigenvalue weighted by Gasteiger charge is -2.26. The average molecular weight is 379 g/mol. The molecule has 5 heteroatoms. The van der Waals surface area contributed by atoms with Crippen molar-refractivity contribution in [2.45, 2.75) is 32.4 Å². The number of furan rings is 1. The van der Waals surface area contributed by atoms with Crippen LogP contribution < -0.4 is 4.74 Å². The van der Waals surface area contributed by atoms with Gasteiger partial charge in [0, 0.05) is 30.6 Å². The number of carbonyl (C=O) groups is 1. The highest BCUT2D eigenvalue weighted by atomic mass is 16.5. The molecule has 5 nitrogen and oxygen atoms in total. The molecule has 1 fully saturated rings. The lowest BCUT2D eigenvalue weighted by molar-refractivity contribution is 0.0507. The molecule has 3 aromatic rings. The van der Waals surface area contributed by atoms with E-state index in [1.165, 1.54) is 0 Å². The van der Waals surface area contributed by atoms with Crippen molar-refractivity contribution in [1.82, 2.24) is 4.90 Å². The Kier molecular flexibility index (Phi) is 5.35. The molecule has 0 saturated carbocycles. The molecule has 28 heavy (non-hydrogen) atoms. The molecule has 1 amide bonds. The van der Waals surface area contributed by atoms with Gasteiger partial charge in [-0.05, 0) is 61.7 Å². The summed E-state index contributed by atoms with van der Waals surface area (Å²) in [7, 11) is 1.65. The Morgan fingerprint density at radius 1 is 1.18 bits per heavy atom. The molecule has 2 heterocycles. The van der Waals surface area contributed by atoms with E-state index < -0.39 is 0 Å². The number of carbonyl (C=O) groups excluding carboxylic acids is 1. The summed E-state index contributed by atoms with van der Waals surface area (Å²) in [5.41, 5.74) is 2.53. The lowest BCUT2D eigenvalue weighted by atomic mass is 10.1. The molecule has 1 atom stereocenters. The van der Waals surface area contributed by atoms with Crippen LogP contribution in [0.4, 0.5) is 0 Å². The van der Waals surface area contributed by atoms with Crippen molar-refractivity contribution in [3.63, 3.8) is 0 Å². The summed E-state index contributed by atoms with van der Waals surface area (Å²) in [5.74, 6) is 1.66. The number of hydrogen-bond acceptors (Lipinski definition) is 4. The number of rotatable bonds is 6. The molecule has 1 aliphatic rings. The molecule has 0 unspecified atom stereocenters. The van der Waals surface area contributed by atoms with Crippen molar-refractivity contribution in [2.75, 3.05) is 20.3 Å². The third-order valence-electron chi connectivity index (χ3n) is 5.15. The van der Waals surface area contributed by atoms with Crippen LogP contribution in [0.1, 0.15) is 34.5 Å². The summed E-state index contributed by atoms with van der Waals surface area (Å²) in [6.45, 7) is 3.81. The van der Waals surface area contributed by atoms with E-state index in [2.05, 4.69) is 0 Å². The topological polar surface area (TPSA) is 51.9 Å². The van der Waals surface area contributed by atoms with Crippen molar-refractivity contribution in [2.24, 2.45) is 0 Å². The van der Waals surface area contributed by atoms with E-state index in [0.717, 1.165) is 47.5 Å². The number of methoxy groups -OCH3 is 1. The third kappa shape index (κ3) is 4.04. The molecule has 0 spiro atoms. The van der Waals surface area contributed by atoms with Gasteiger partial charge in [-0.25, -0.2) is 0 Å². The van der Waals surface area contributed by atoms with Gasteiger partial charge in [-0.3, -0.25) is 4.79 Å². The Balaban J connectivity index is 1.58. The summed E-state index contributed by atoms with van der Waals surface area (Å²) in [4.78, 5) is 15.2. The van der Waals surface area contributed by atoms with Crippen LogP contribution in [0.25, 0.3) is 11.0 Å². The Morgan fingerprint density at radius 2 is 2.00 bits per heavy atom. The molecule has 0 radical (unpaired) electrons. The maximum atomic E-state index is 13.3. The quantitative estimate of drug-likeness (QED) is 0.629. The molecule has 0 bridgehead atoms. The molecule has 0 aliphatic carbocycles. The zero-order valence-corrected chi connectivity index (χ0v) is 16.3. The second-order valence-electron chi connectivity index (χ2n) is 7.28. The van der Waals surface area contributed by atoms with Gasteiger partial charge in [-0.2, -0.15) is 0 Å². The Hall–Kier alpha value is -2.79. The van der Waals surface area contributed by atoms with Crippen LogP contribution in [-0.4, -0.2) is 37.2 Å². The minimum Gasteiger partial charge on any atom is -0.497 e. The zero-order chi connectivity index (χ0) is 19.5. The molecule has 1 saturated heterocycles. The van der Waals surface area contributed by atoms with E-state index in [4.69, 9.17) is 13.9 Å². The first-order valence-corrected chi connectivity index (χ1v) is 9.66. The highest BCUT2D eigenvalue weighted by Gasteiger charge is 2.24.